The molecular weight excluding hydrogens is 314 g/mol. The molecule has 0 unspecified atom stereocenters. The van der Waals surface area contributed by atoms with Crippen molar-refractivity contribution in [3.63, 3.8) is 0 Å². The van der Waals surface area contributed by atoms with Crippen LogP contribution in [0.2, 0.25) is 0 Å². The molecule has 6 heteroatoms. The fourth-order valence-electron chi connectivity index (χ4n) is 2.96. The summed E-state index contributed by atoms with van der Waals surface area (Å²) in [6.07, 6.45) is 8.31. The monoisotopic (exact) mass is 349 g/mol. The molecule has 0 aromatic carbocycles. The zero-order valence-corrected chi connectivity index (χ0v) is 16.0. The van der Waals surface area contributed by atoms with Crippen LogP contribution in [0.1, 0.15) is 38.7 Å². The summed E-state index contributed by atoms with van der Waals surface area (Å²) in [4.78, 5) is 13.8. The molecule has 1 fully saturated rings. The molecule has 2 heterocycles. The van der Waals surface area contributed by atoms with Gasteiger partial charge in [-0.1, -0.05) is 13.8 Å². The molecule has 0 bridgehead atoms. The minimum atomic E-state index is 0.871. The summed E-state index contributed by atoms with van der Waals surface area (Å²) in [5.74, 6) is 0.872. The molecule has 2 rings (SSSR count). The van der Waals surface area contributed by atoms with Crippen LogP contribution in [0.3, 0.4) is 0 Å². The van der Waals surface area contributed by atoms with E-state index >= 15 is 0 Å². The lowest BCUT2D eigenvalue weighted by atomic mass is 10.3. The van der Waals surface area contributed by atoms with E-state index in [1.54, 1.807) is 0 Å². The normalized spacial score (nSPS) is 15.7. The summed E-state index contributed by atoms with van der Waals surface area (Å²) in [6, 6.07) is 0. The Bertz CT molecular complexity index is 446. The van der Waals surface area contributed by atoms with Gasteiger partial charge in [0, 0.05) is 58.3 Å². The molecule has 25 heavy (non-hydrogen) atoms. The van der Waals surface area contributed by atoms with Crippen LogP contribution < -0.4 is 10.2 Å². The van der Waals surface area contributed by atoms with Crippen molar-refractivity contribution >= 4 is 5.95 Å². The topological polar surface area (TPSA) is 53.5 Å². The van der Waals surface area contributed by atoms with E-state index in [1.165, 1.54) is 12.0 Å². The van der Waals surface area contributed by atoms with Crippen LogP contribution in [0.15, 0.2) is 12.4 Å². The Morgan fingerprint density at radius 1 is 1.00 bits per heavy atom. The Balaban J connectivity index is 1.50. The molecule has 1 N–H and O–H groups in total. The lowest BCUT2D eigenvalue weighted by Gasteiger charge is -2.34. The van der Waals surface area contributed by atoms with Crippen molar-refractivity contribution < 1.29 is 4.74 Å². The molecule has 0 saturated carbocycles. The third-order valence-electron chi connectivity index (χ3n) is 4.59. The zero-order valence-electron chi connectivity index (χ0n) is 16.0. The number of aromatic nitrogens is 2. The number of nitrogens with zero attached hydrogens (tertiary/aromatic N) is 4. The van der Waals surface area contributed by atoms with Crippen LogP contribution in [0, 0.1) is 0 Å². The van der Waals surface area contributed by atoms with Gasteiger partial charge in [0.05, 0.1) is 0 Å². The van der Waals surface area contributed by atoms with E-state index in [-0.39, 0.29) is 0 Å². The Morgan fingerprint density at radius 2 is 1.72 bits per heavy atom. The van der Waals surface area contributed by atoms with Crippen LogP contribution in [-0.2, 0) is 11.2 Å². The highest BCUT2D eigenvalue weighted by atomic mass is 16.5. The van der Waals surface area contributed by atoms with Gasteiger partial charge in [-0.2, -0.15) is 0 Å². The average Bonchev–Trinajstić information content (AvgIpc) is 2.67. The summed E-state index contributed by atoms with van der Waals surface area (Å²) in [6.45, 7) is 13.5. The van der Waals surface area contributed by atoms with E-state index < -0.39 is 0 Å². The molecule has 0 amide bonds. The maximum atomic E-state index is 5.72. The molecule has 0 spiro atoms. The standard InChI is InChI=1S/C19H35N5O/c1-3-7-20-8-5-14-25-15-6-9-23-10-12-24(13-11-23)19-21-16-18(4-2)17-22-19/h16-17,20H,3-15H2,1-2H3. The Hall–Kier alpha value is -1.24. The second-order valence-electron chi connectivity index (χ2n) is 6.64. The minimum Gasteiger partial charge on any atom is -0.381 e. The molecule has 0 radical (unpaired) electrons. The Morgan fingerprint density at radius 3 is 2.40 bits per heavy atom. The van der Waals surface area contributed by atoms with Crippen LogP contribution in [-0.4, -0.2) is 73.9 Å². The number of piperazine rings is 1. The van der Waals surface area contributed by atoms with Crippen molar-refractivity contribution in [1.82, 2.24) is 20.2 Å². The van der Waals surface area contributed by atoms with Crippen molar-refractivity contribution in [2.75, 3.05) is 63.9 Å². The SMILES string of the molecule is CCCNCCCOCCCN1CCN(c2ncc(CC)cn2)CC1. The minimum absolute atomic E-state index is 0.871. The van der Waals surface area contributed by atoms with Gasteiger partial charge in [0.25, 0.3) is 0 Å². The first-order valence-electron chi connectivity index (χ1n) is 9.90. The van der Waals surface area contributed by atoms with Crippen molar-refractivity contribution in [3.05, 3.63) is 18.0 Å². The summed E-state index contributed by atoms with van der Waals surface area (Å²) >= 11 is 0. The second-order valence-corrected chi connectivity index (χ2v) is 6.64. The second kappa shape index (κ2) is 12.2. The van der Waals surface area contributed by atoms with E-state index in [4.69, 9.17) is 4.74 Å². The van der Waals surface area contributed by atoms with E-state index in [0.29, 0.717) is 0 Å². The number of aryl methyl sites for hydroxylation is 1. The van der Waals surface area contributed by atoms with Crippen LogP contribution in [0.4, 0.5) is 5.95 Å². The predicted molar refractivity (Wildman–Crippen MR) is 103 cm³/mol. The van der Waals surface area contributed by atoms with Gasteiger partial charge in [-0.15, -0.1) is 0 Å². The molecule has 1 aromatic heterocycles. The zero-order chi connectivity index (χ0) is 17.7. The summed E-state index contributed by atoms with van der Waals surface area (Å²) in [7, 11) is 0. The first-order valence-corrected chi connectivity index (χ1v) is 9.90. The van der Waals surface area contributed by atoms with Crippen molar-refractivity contribution in [3.8, 4) is 0 Å². The molecular formula is C19H35N5O. The molecule has 6 nitrogen and oxygen atoms in total. The predicted octanol–water partition coefficient (Wildman–Crippen LogP) is 1.96. The molecule has 0 atom stereocenters. The number of rotatable bonds is 12. The van der Waals surface area contributed by atoms with Gasteiger partial charge in [-0.05, 0) is 44.3 Å². The first kappa shape index (κ1) is 20.1. The third kappa shape index (κ3) is 7.67. The smallest absolute Gasteiger partial charge is 0.225 e. The number of ether oxygens (including phenoxy) is 1. The van der Waals surface area contributed by atoms with Gasteiger partial charge in [0.15, 0.2) is 0 Å². The molecule has 0 aliphatic carbocycles. The molecule has 1 aliphatic rings. The van der Waals surface area contributed by atoms with Crippen LogP contribution in [0.25, 0.3) is 0 Å². The quantitative estimate of drug-likeness (QED) is 0.582. The highest BCUT2D eigenvalue weighted by Gasteiger charge is 2.18. The number of nitrogens with one attached hydrogen (secondary N) is 1. The van der Waals surface area contributed by atoms with Crippen molar-refractivity contribution in [1.29, 1.82) is 0 Å². The van der Waals surface area contributed by atoms with Crippen LogP contribution in [0.5, 0.6) is 0 Å². The number of hydrogen-bond donors (Lipinski definition) is 1. The fourth-order valence-corrected chi connectivity index (χ4v) is 2.96. The number of anilines is 1. The summed E-state index contributed by atoms with van der Waals surface area (Å²) in [5.41, 5.74) is 1.20. The lowest BCUT2D eigenvalue weighted by Crippen LogP contribution is -2.47. The van der Waals surface area contributed by atoms with Crippen LogP contribution >= 0.6 is 0 Å². The molecule has 142 valence electrons. The lowest BCUT2D eigenvalue weighted by molar-refractivity contribution is 0.117. The fraction of sp³-hybridized carbons (Fsp3) is 0.789. The van der Waals surface area contributed by atoms with Crippen molar-refractivity contribution in [2.24, 2.45) is 0 Å². The van der Waals surface area contributed by atoms with E-state index in [9.17, 15) is 0 Å². The maximum Gasteiger partial charge on any atom is 0.225 e. The first-order chi connectivity index (χ1) is 12.3. The van der Waals surface area contributed by atoms with Crippen molar-refractivity contribution in [2.45, 2.75) is 39.5 Å². The molecule has 1 saturated heterocycles. The van der Waals surface area contributed by atoms with E-state index in [1.807, 2.05) is 12.4 Å². The van der Waals surface area contributed by atoms with Gasteiger partial charge in [0.1, 0.15) is 0 Å². The Labute approximate surface area is 153 Å². The summed E-state index contributed by atoms with van der Waals surface area (Å²) < 4.78 is 5.72. The summed E-state index contributed by atoms with van der Waals surface area (Å²) in [5, 5.41) is 3.40. The van der Waals surface area contributed by atoms with Gasteiger partial charge >= 0.3 is 0 Å². The van der Waals surface area contributed by atoms with E-state index in [2.05, 4.69) is 38.9 Å². The van der Waals surface area contributed by atoms with Gasteiger partial charge in [0.2, 0.25) is 5.95 Å². The average molecular weight is 350 g/mol. The molecule has 1 aliphatic heterocycles. The highest BCUT2D eigenvalue weighted by molar-refractivity contribution is 5.30. The Kier molecular flexibility index (Phi) is 9.77. The van der Waals surface area contributed by atoms with Gasteiger partial charge < -0.3 is 15.0 Å². The largest absolute Gasteiger partial charge is 0.381 e. The van der Waals surface area contributed by atoms with Gasteiger partial charge in [-0.3, -0.25) is 4.90 Å². The van der Waals surface area contributed by atoms with E-state index in [0.717, 1.165) is 84.2 Å². The highest BCUT2D eigenvalue weighted by Crippen LogP contribution is 2.11. The van der Waals surface area contributed by atoms with Gasteiger partial charge in [-0.25, -0.2) is 9.97 Å². The third-order valence-corrected chi connectivity index (χ3v) is 4.59. The maximum absolute atomic E-state index is 5.72. The number of hydrogen-bond acceptors (Lipinski definition) is 6. The molecule has 1 aromatic rings.